The molecule has 6 aliphatic rings. The number of carbonyl (C=O) groups excluding carboxylic acids is 1. The molecule has 0 atom stereocenters. The van der Waals surface area contributed by atoms with E-state index in [4.69, 9.17) is 69.7 Å². The Labute approximate surface area is 774 Å². The van der Waals surface area contributed by atoms with E-state index in [1.54, 1.807) is 76.3 Å². The largest absolute Gasteiger partial charge is 0.474 e. The number of hydrogen-bond acceptors (Lipinski definition) is 28. The van der Waals surface area contributed by atoms with Crippen LogP contribution in [0.5, 0.6) is 11.8 Å². The maximum absolute atomic E-state index is 11.5. The van der Waals surface area contributed by atoms with Gasteiger partial charge in [0.05, 0.1) is 94.2 Å². The van der Waals surface area contributed by atoms with Gasteiger partial charge in [-0.05, 0) is 198 Å². The minimum absolute atomic E-state index is 0.0303. The number of alkyl halides is 1. The molecule has 32 heteroatoms. The number of fused-ring (bicyclic) bond motifs is 15. The number of aromatic nitrogens is 10. The smallest absolute Gasteiger partial charge is 0.310 e. The van der Waals surface area contributed by atoms with E-state index in [-0.39, 0.29) is 43.9 Å². The van der Waals surface area contributed by atoms with Crippen molar-refractivity contribution in [2.45, 2.75) is 179 Å². The summed E-state index contributed by atoms with van der Waals surface area (Å²) in [6, 6.07) is 33.7. The fourth-order valence-electron chi connectivity index (χ4n) is 17.9. The molecule has 13 heterocycles. The van der Waals surface area contributed by atoms with Gasteiger partial charge in [-0.25, -0.2) is 49.8 Å². The Kier molecular flexibility index (Phi) is 33.7. The number of halogens is 4. The first-order chi connectivity index (χ1) is 62.7. The summed E-state index contributed by atoms with van der Waals surface area (Å²) in [7, 11) is -1.00. The molecule has 0 unspecified atom stereocenters. The number of thiophene rings is 5. The van der Waals surface area contributed by atoms with Gasteiger partial charge in [0.25, 0.3) is 0 Å². The summed E-state index contributed by atoms with van der Waals surface area (Å²) in [5.41, 5.74) is 5.84. The lowest BCUT2D eigenvalue weighted by atomic mass is 9.91. The third-order valence-electron chi connectivity index (χ3n) is 24.2. The zero-order valence-corrected chi connectivity index (χ0v) is 78.2. The highest BCUT2D eigenvalue weighted by atomic mass is 35.5. The van der Waals surface area contributed by atoms with E-state index in [1.165, 1.54) is 93.5 Å². The monoisotopic (exact) mass is 1880 g/mol. The number of hydrogen-bond donors (Lipinski definition) is 3. The van der Waals surface area contributed by atoms with E-state index in [2.05, 4.69) is 139 Å². The molecule has 5 aromatic carbocycles. The van der Waals surface area contributed by atoms with Crippen LogP contribution in [0.25, 0.3) is 102 Å². The first-order valence-corrected chi connectivity index (χ1v) is 49.4. The zero-order valence-electron chi connectivity index (χ0n) is 72.8. The molecule has 0 radical (unpaired) electrons. The van der Waals surface area contributed by atoms with Crippen molar-refractivity contribution < 1.29 is 54.3 Å². The number of morpholine rings is 3. The highest BCUT2D eigenvalue weighted by Crippen LogP contribution is 2.44. The van der Waals surface area contributed by atoms with Crippen molar-refractivity contribution in [1.29, 1.82) is 0 Å². The molecular weight excluding hydrogens is 1770 g/mol. The molecule has 21 rings (SSSR count). The van der Waals surface area contributed by atoms with Crippen LogP contribution < -0.4 is 9.47 Å². The molecule has 15 aromatic rings. The third-order valence-corrected chi connectivity index (χ3v) is 30.4. The Bertz CT molecular complexity index is 5870. The van der Waals surface area contributed by atoms with Gasteiger partial charge >= 0.3 is 5.97 Å². The number of ether oxygens (including phenoxy) is 6. The van der Waals surface area contributed by atoms with Gasteiger partial charge in [0, 0.05) is 121 Å². The maximum Gasteiger partial charge on any atom is 0.310 e. The lowest BCUT2D eigenvalue weighted by Gasteiger charge is -2.38. The van der Waals surface area contributed by atoms with Gasteiger partial charge in [0.1, 0.15) is 83.5 Å². The summed E-state index contributed by atoms with van der Waals surface area (Å²) in [6.45, 7) is 18.6. The van der Waals surface area contributed by atoms with Gasteiger partial charge in [-0.1, -0.05) is 91.8 Å². The van der Waals surface area contributed by atoms with Gasteiger partial charge < -0.3 is 43.7 Å². The Morgan fingerprint density at radius 2 is 0.701 bits per heavy atom. The number of benzene rings is 5. The molecule has 3 aliphatic carbocycles. The Morgan fingerprint density at radius 1 is 0.417 bits per heavy atom. The molecule has 127 heavy (non-hydrogen) atoms. The normalized spacial score (nSPS) is 19.6. The molecule has 672 valence electrons. The van der Waals surface area contributed by atoms with E-state index >= 15 is 0 Å². The highest BCUT2D eigenvalue weighted by Gasteiger charge is 2.32. The van der Waals surface area contributed by atoms with Gasteiger partial charge in [-0.2, -0.15) is 0 Å². The SMILES string of the molecule is CCCc1ccc2sc3ncnc(Cl)c3c2c1.CCCc1ccc2sc3ncnc(OC4CCC(N5CCOCC5)CC4)c3c2c1.CCOC(=O)Cc1ccc2sc3ncnc(Cl)c3c2c1.OC1CCC(N2CCOCC2)CC1.OCCc1ccc2sc3ncnc(Cl)c3c2c1.OCCc1ccc2sc3ncnc(OC4CCC(N5CCOCC5)CC4)c3c2c1.[2H]CF. The first-order valence-electron chi connectivity index (χ1n) is 44.9. The van der Waals surface area contributed by atoms with Crippen LogP contribution in [-0.2, 0) is 55.8 Å². The van der Waals surface area contributed by atoms with Crippen LogP contribution in [0.3, 0.4) is 0 Å². The minimum Gasteiger partial charge on any atom is -0.474 e. The molecule has 3 saturated heterocycles. The van der Waals surface area contributed by atoms with Gasteiger partial charge in [-0.3, -0.25) is 23.9 Å². The minimum atomic E-state index is -1.00. The molecule has 3 saturated carbocycles. The molecule has 0 spiro atoms. The molecule has 0 bridgehead atoms. The molecular formula is C95H109Cl3FN13O10S5. The number of aliphatic hydroxyl groups excluding tert-OH is 3. The molecule has 3 N–H and O–H groups in total. The van der Waals surface area contributed by atoms with Crippen molar-refractivity contribution in [2.75, 3.05) is 106 Å². The molecule has 3 aliphatic heterocycles. The van der Waals surface area contributed by atoms with Gasteiger partial charge in [0.2, 0.25) is 11.8 Å². The highest BCUT2D eigenvalue weighted by molar-refractivity contribution is 7.27. The van der Waals surface area contributed by atoms with E-state index < -0.39 is 7.15 Å². The van der Waals surface area contributed by atoms with E-state index in [0.29, 0.717) is 58.9 Å². The fraction of sp³-hybridized carbons (Fsp3) is 0.463. The second kappa shape index (κ2) is 46.3. The molecule has 0 amide bonds. The number of aryl methyl sites for hydroxylation is 2. The third kappa shape index (κ3) is 23.5. The van der Waals surface area contributed by atoms with Crippen molar-refractivity contribution in [3.05, 3.63) is 166 Å². The van der Waals surface area contributed by atoms with Crippen molar-refractivity contribution >= 4 is 199 Å². The van der Waals surface area contributed by atoms with E-state index in [9.17, 15) is 19.4 Å². The summed E-state index contributed by atoms with van der Waals surface area (Å²) >= 11 is 26.7. The molecule has 6 fully saturated rings. The number of carbonyl (C=O) groups is 1. The average molecular weight is 1880 g/mol. The lowest BCUT2D eigenvalue weighted by molar-refractivity contribution is -0.142. The second-order valence-electron chi connectivity index (χ2n) is 32.3. The van der Waals surface area contributed by atoms with Gasteiger partial charge in [-0.15, -0.1) is 56.7 Å². The summed E-state index contributed by atoms with van der Waals surface area (Å²) in [5.74, 6) is 1.25. The Balaban J connectivity index is 0.000000120. The van der Waals surface area contributed by atoms with Gasteiger partial charge in [0.15, 0.2) is 0 Å². The zero-order chi connectivity index (χ0) is 88.8. The maximum atomic E-state index is 11.5. The summed E-state index contributed by atoms with van der Waals surface area (Å²) in [6.07, 6.45) is 27.6. The number of nitrogens with zero attached hydrogens (tertiary/aromatic N) is 13. The van der Waals surface area contributed by atoms with Crippen LogP contribution in [0, 0.1) is 0 Å². The van der Waals surface area contributed by atoms with Crippen LogP contribution in [0.1, 0.15) is 140 Å². The Hall–Kier alpha value is -7.89. The van der Waals surface area contributed by atoms with Crippen LogP contribution in [-0.4, -0.2) is 228 Å². The van der Waals surface area contributed by atoms with Crippen molar-refractivity contribution in [2.24, 2.45) is 0 Å². The van der Waals surface area contributed by atoms with Crippen LogP contribution in [0.4, 0.5) is 4.39 Å². The number of rotatable bonds is 18. The second-order valence-corrected chi connectivity index (χ2v) is 38.6. The number of esters is 1. The predicted molar refractivity (Wildman–Crippen MR) is 515 cm³/mol. The van der Waals surface area contributed by atoms with Crippen LogP contribution in [0.2, 0.25) is 15.5 Å². The Morgan fingerprint density at radius 3 is 1.02 bits per heavy atom. The fourth-order valence-corrected chi connectivity index (χ4v) is 23.8. The molecule has 10 aromatic heterocycles. The van der Waals surface area contributed by atoms with Crippen molar-refractivity contribution in [3.8, 4) is 11.8 Å². The standard InChI is InChI=1S/C23H29N3O2S.C22H27N3O3S.C14H11ClN2O2S.C13H11ClN2S.C12H9ClN2OS.C10H19NO2.CH3F/c1-2-3-16-4-9-20-19(14-16)21-22(24-15-25-23(21)29-20)28-18-7-5-17(6-8-18)26-10-12-27-13-11-26;26-10-7-15-1-6-19-18(13-15)20-21(23-14-24-22(20)29-19)28-17-4-2-16(3-5-17)25-8-11-27-12-9-25;1-2-19-11(18)6-8-3-4-10-9(5-8)12-13(15)16-7-17-14(12)20-10;1-2-3-8-4-5-10-9(6-8)11-12(14)15-7-16-13(11)17-10;13-11-10-8-5-7(3-4-16)1-2-9(8)17-12(10)15-6-14-11;12-10-3-1-9(2-4-10)11-5-7-13-8-6-11;1-2/h4,9,14-15,17-18H,2-3,5-8,10-13H2,1H3;1,6,13-14,16-17,26H,2-5,7-12H2;3-5,7H,2,6H2,1H3;4-7H,2-3H2,1H3;1-2,5-6,16H,3-4H2;9-10,12H,1-8H2;1H3/i;;;;;;1D. The lowest BCUT2D eigenvalue weighted by Crippen LogP contribution is -2.46. The topological polar surface area (TPSA) is 272 Å². The van der Waals surface area contributed by atoms with Crippen molar-refractivity contribution in [3.63, 3.8) is 0 Å². The summed E-state index contributed by atoms with van der Waals surface area (Å²) in [5, 5.41) is 39.6. The molecule has 23 nitrogen and oxygen atoms in total. The van der Waals surface area contributed by atoms with Crippen molar-refractivity contribution in [1.82, 2.24) is 64.5 Å². The summed E-state index contributed by atoms with van der Waals surface area (Å²) in [4.78, 5) is 66.9. The van der Waals surface area contributed by atoms with E-state index in [1.807, 2.05) is 30.3 Å². The average Bonchev–Trinajstić information content (AvgIpc) is 1.64. The number of aliphatic hydroxyl groups is 3. The first kappa shape index (κ1) is 92.4. The van der Waals surface area contributed by atoms with Crippen LogP contribution >= 0.6 is 91.5 Å². The predicted octanol–water partition coefficient (Wildman–Crippen LogP) is 20.5. The van der Waals surface area contributed by atoms with E-state index in [0.717, 1.165) is 242 Å². The quantitative estimate of drug-likeness (QED) is 0.0532. The van der Waals surface area contributed by atoms with Crippen LogP contribution in [0.15, 0.2) is 123 Å². The summed E-state index contributed by atoms with van der Waals surface area (Å²) < 4.78 is 55.6.